The van der Waals surface area contributed by atoms with Gasteiger partial charge in [0, 0.05) is 37.3 Å². The molecule has 2 amide bonds. The van der Waals surface area contributed by atoms with E-state index >= 15 is 0 Å². The summed E-state index contributed by atoms with van der Waals surface area (Å²) in [7, 11) is 0. The quantitative estimate of drug-likeness (QED) is 0.701. The van der Waals surface area contributed by atoms with Crippen molar-refractivity contribution in [3.63, 3.8) is 0 Å². The Morgan fingerprint density at radius 2 is 1.90 bits per heavy atom. The van der Waals surface area contributed by atoms with Crippen molar-refractivity contribution in [2.45, 2.75) is 46.2 Å². The standard InChI is InChI=1S/C23H29N5O3/c1-17-21(18(2)28(26-17)11-3-10-24)8-9-22(29)25-16-19-4-6-20(7-5-19)23(30)27-12-14-31-15-13-27/h4-7H,3,8-9,11-16H2,1-2H3,(H,25,29). The molecule has 1 aliphatic rings. The number of benzene rings is 1. The van der Waals surface area contributed by atoms with Crippen LogP contribution in [-0.4, -0.2) is 52.8 Å². The first kappa shape index (κ1) is 22.5. The van der Waals surface area contributed by atoms with E-state index in [0.717, 1.165) is 22.5 Å². The number of nitrogens with zero attached hydrogens (tertiary/aromatic N) is 4. The molecule has 0 unspecified atom stereocenters. The van der Waals surface area contributed by atoms with E-state index in [1.54, 1.807) is 4.90 Å². The fraction of sp³-hybridized carbons (Fsp3) is 0.478. The van der Waals surface area contributed by atoms with E-state index in [1.165, 1.54) is 0 Å². The Bertz CT molecular complexity index is 953. The number of hydrogen-bond acceptors (Lipinski definition) is 5. The van der Waals surface area contributed by atoms with Crippen LogP contribution < -0.4 is 5.32 Å². The molecule has 1 aromatic heterocycles. The number of aryl methyl sites for hydroxylation is 2. The lowest BCUT2D eigenvalue weighted by molar-refractivity contribution is -0.121. The minimum absolute atomic E-state index is 0.0138. The highest BCUT2D eigenvalue weighted by Gasteiger charge is 2.18. The second-order valence-corrected chi connectivity index (χ2v) is 7.66. The van der Waals surface area contributed by atoms with Crippen LogP contribution in [0.4, 0.5) is 0 Å². The maximum Gasteiger partial charge on any atom is 0.254 e. The van der Waals surface area contributed by atoms with Crippen LogP contribution in [0.25, 0.3) is 0 Å². The largest absolute Gasteiger partial charge is 0.378 e. The van der Waals surface area contributed by atoms with Crippen molar-refractivity contribution < 1.29 is 14.3 Å². The number of hydrogen-bond donors (Lipinski definition) is 1. The Kier molecular flexibility index (Phi) is 7.79. The van der Waals surface area contributed by atoms with Crippen molar-refractivity contribution in [2.75, 3.05) is 26.3 Å². The smallest absolute Gasteiger partial charge is 0.254 e. The summed E-state index contributed by atoms with van der Waals surface area (Å²) in [5.74, 6) is -0.0167. The highest BCUT2D eigenvalue weighted by atomic mass is 16.5. The minimum Gasteiger partial charge on any atom is -0.378 e. The van der Waals surface area contributed by atoms with Crippen molar-refractivity contribution in [3.05, 3.63) is 52.3 Å². The highest BCUT2D eigenvalue weighted by Crippen LogP contribution is 2.16. The molecule has 2 heterocycles. The predicted octanol–water partition coefficient (Wildman–Crippen LogP) is 2.14. The van der Waals surface area contributed by atoms with Gasteiger partial charge in [-0.25, -0.2) is 0 Å². The molecule has 164 valence electrons. The molecule has 8 heteroatoms. The van der Waals surface area contributed by atoms with E-state index in [-0.39, 0.29) is 11.8 Å². The molecule has 2 aromatic rings. The summed E-state index contributed by atoms with van der Waals surface area (Å²) in [6.45, 7) is 7.29. The van der Waals surface area contributed by atoms with Crippen LogP contribution in [0.2, 0.25) is 0 Å². The maximum atomic E-state index is 12.5. The van der Waals surface area contributed by atoms with Crippen LogP contribution in [0.1, 0.15) is 45.7 Å². The van der Waals surface area contributed by atoms with Gasteiger partial charge in [0.15, 0.2) is 0 Å². The molecule has 0 saturated carbocycles. The summed E-state index contributed by atoms with van der Waals surface area (Å²) in [4.78, 5) is 26.6. The molecule has 1 aliphatic heterocycles. The molecular formula is C23H29N5O3. The average Bonchev–Trinajstić information content (AvgIpc) is 3.07. The van der Waals surface area contributed by atoms with Gasteiger partial charge in [-0.1, -0.05) is 12.1 Å². The molecule has 1 saturated heterocycles. The fourth-order valence-electron chi connectivity index (χ4n) is 3.71. The summed E-state index contributed by atoms with van der Waals surface area (Å²) >= 11 is 0. The molecule has 0 atom stereocenters. The Balaban J connectivity index is 1.47. The first-order chi connectivity index (χ1) is 15.0. The molecule has 1 fully saturated rings. The number of nitrogens with one attached hydrogen (secondary N) is 1. The maximum absolute atomic E-state index is 12.5. The molecule has 8 nitrogen and oxygen atoms in total. The summed E-state index contributed by atoms with van der Waals surface area (Å²) < 4.78 is 7.13. The second-order valence-electron chi connectivity index (χ2n) is 7.66. The van der Waals surface area contributed by atoms with Crippen molar-refractivity contribution in [1.82, 2.24) is 20.0 Å². The summed E-state index contributed by atoms with van der Waals surface area (Å²) in [5, 5.41) is 16.2. The molecule has 0 radical (unpaired) electrons. The van der Waals surface area contributed by atoms with E-state index in [2.05, 4.69) is 16.5 Å². The molecule has 0 aliphatic carbocycles. The lowest BCUT2D eigenvalue weighted by Crippen LogP contribution is -2.40. The van der Waals surface area contributed by atoms with Crippen molar-refractivity contribution in [1.29, 1.82) is 5.26 Å². The van der Waals surface area contributed by atoms with Crippen LogP contribution in [0.5, 0.6) is 0 Å². The first-order valence-electron chi connectivity index (χ1n) is 10.6. The van der Waals surface area contributed by atoms with Crippen LogP contribution >= 0.6 is 0 Å². The molecule has 31 heavy (non-hydrogen) atoms. The third kappa shape index (κ3) is 5.92. The number of carbonyl (C=O) groups is 2. The van der Waals surface area contributed by atoms with Gasteiger partial charge in [0.25, 0.3) is 5.91 Å². The van der Waals surface area contributed by atoms with Crippen LogP contribution in [0.3, 0.4) is 0 Å². The van der Waals surface area contributed by atoms with Crippen LogP contribution in [0, 0.1) is 25.2 Å². The van der Waals surface area contributed by atoms with Crippen LogP contribution in [0.15, 0.2) is 24.3 Å². The number of carbonyl (C=O) groups excluding carboxylic acids is 2. The Morgan fingerprint density at radius 3 is 2.58 bits per heavy atom. The third-order valence-electron chi connectivity index (χ3n) is 5.56. The number of ether oxygens (including phenoxy) is 1. The highest BCUT2D eigenvalue weighted by molar-refractivity contribution is 5.94. The topological polar surface area (TPSA) is 100 Å². The normalized spacial score (nSPS) is 13.6. The van der Waals surface area contributed by atoms with E-state index in [9.17, 15) is 9.59 Å². The number of amides is 2. The monoisotopic (exact) mass is 423 g/mol. The molecule has 1 N–H and O–H groups in total. The van der Waals surface area contributed by atoms with Crippen molar-refractivity contribution >= 4 is 11.8 Å². The minimum atomic E-state index is -0.0305. The van der Waals surface area contributed by atoms with Gasteiger partial charge in [-0.05, 0) is 43.5 Å². The Morgan fingerprint density at radius 1 is 1.19 bits per heavy atom. The Labute approximate surface area is 182 Å². The molecule has 0 spiro atoms. The van der Waals surface area contributed by atoms with Crippen molar-refractivity contribution in [3.8, 4) is 6.07 Å². The van der Waals surface area contributed by atoms with E-state index in [0.29, 0.717) is 64.2 Å². The van der Waals surface area contributed by atoms with Gasteiger partial charge in [0.1, 0.15) is 0 Å². The lowest BCUT2D eigenvalue weighted by atomic mass is 10.1. The second kappa shape index (κ2) is 10.7. The van der Waals surface area contributed by atoms with Crippen LogP contribution in [-0.2, 0) is 29.0 Å². The molecule has 1 aromatic carbocycles. The van der Waals surface area contributed by atoms with Gasteiger partial charge in [0.05, 0.1) is 37.9 Å². The number of nitriles is 1. The zero-order chi connectivity index (χ0) is 22.2. The summed E-state index contributed by atoms with van der Waals surface area (Å²) in [5.41, 5.74) is 4.59. The van der Waals surface area contributed by atoms with Gasteiger partial charge in [-0.15, -0.1) is 0 Å². The van der Waals surface area contributed by atoms with Gasteiger partial charge >= 0.3 is 0 Å². The SMILES string of the molecule is Cc1nn(CCC#N)c(C)c1CCC(=O)NCc1ccc(C(=O)N2CCOCC2)cc1. The summed E-state index contributed by atoms with van der Waals surface area (Å²) in [6.07, 6.45) is 1.40. The number of aromatic nitrogens is 2. The lowest BCUT2D eigenvalue weighted by Gasteiger charge is -2.26. The Hall–Kier alpha value is -3.18. The summed E-state index contributed by atoms with van der Waals surface area (Å²) in [6, 6.07) is 9.50. The predicted molar refractivity (Wildman–Crippen MR) is 115 cm³/mol. The first-order valence-corrected chi connectivity index (χ1v) is 10.6. The van der Waals surface area contributed by atoms with Gasteiger partial charge in [-0.3, -0.25) is 14.3 Å². The number of rotatable bonds is 8. The zero-order valence-corrected chi connectivity index (χ0v) is 18.2. The van der Waals surface area contributed by atoms with Gasteiger partial charge < -0.3 is 15.0 Å². The van der Waals surface area contributed by atoms with E-state index in [1.807, 2.05) is 42.8 Å². The number of morpholine rings is 1. The zero-order valence-electron chi connectivity index (χ0n) is 18.2. The molecular weight excluding hydrogens is 394 g/mol. The van der Waals surface area contributed by atoms with Gasteiger partial charge in [-0.2, -0.15) is 10.4 Å². The molecule has 0 bridgehead atoms. The van der Waals surface area contributed by atoms with Crippen molar-refractivity contribution in [2.24, 2.45) is 0 Å². The van der Waals surface area contributed by atoms with Gasteiger partial charge in [0.2, 0.25) is 5.91 Å². The molecule has 3 rings (SSSR count). The average molecular weight is 424 g/mol. The fourth-order valence-corrected chi connectivity index (χ4v) is 3.71. The van der Waals surface area contributed by atoms with E-state index in [4.69, 9.17) is 10.00 Å². The van der Waals surface area contributed by atoms with E-state index < -0.39 is 0 Å². The third-order valence-corrected chi connectivity index (χ3v) is 5.56.